The fraction of sp³-hybridized carbons (Fsp3) is 0.455. The summed E-state index contributed by atoms with van der Waals surface area (Å²) in [5.41, 5.74) is 6.43. The van der Waals surface area contributed by atoms with Gasteiger partial charge in [-0.2, -0.15) is 0 Å². The van der Waals surface area contributed by atoms with Crippen LogP contribution in [-0.4, -0.2) is 19.8 Å². The summed E-state index contributed by atoms with van der Waals surface area (Å²) in [5, 5.41) is 0. The Labute approximate surface area is 98.7 Å². The van der Waals surface area contributed by atoms with Gasteiger partial charge in [0.2, 0.25) is 0 Å². The number of benzene rings is 1. The highest BCUT2D eigenvalue weighted by Crippen LogP contribution is 2.30. The van der Waals surface area contributed by atoms with Gasteiger partial charge in [-0.1, -0.05) is 6.07 Å². The van der Waals surface area contributed by atoms with Crippen molar-refractivity contribution in [3.63, 3.8) is 0 Å². The van der Waals surface area contributed by atoms with E-state index in [1.165, 1.54) is 0 Å². The number of para-hydroxylation sites is 1. The second-order valence-corrected chi connectivity index (χ2v) is 3.91. The fourth-order valence-electron chi connectivity index (χ4n) is 1.16. The van der Waals surface area contributed by atoms with Crippen LogP contribution in [0, 0.1) is 0 Å². The molecule has 0 unspecified atom stereocenters. The lowest BCUT2D eigenvalue weighted by atomic mass is 10.3. The second kappa shape index (κ2) is 6.69. The number of nitrogen functional groups attached to an aromatic ring is 1. The lowest BCUT2D eigenvalue weighted by molar-refractivity contribution is 0.131. The Hall–Kier alpha value is -0.740. The van der Waals surface area contributed by atoms with Crippen LogP contribution in [0.15, 0.2) is 22.7 Å². The van der Waals surface area contributed by atoms with Gasteiger partial charge in [-0.25, -0.2) is 0 Å². The molecule has 4 heteroatoms. The molecular weight excluding hydrogens is 258 g/mol. The van der Waals surface area contributed by atoms with Crippen molar-refractivity contribution in [2.75, 3.05) is 25.6 Å². The molecule has 1 rings (SSSR count). The minimum Gasteiger partial charge on any atom is -0.490 e. The van der Waals surface area contributed by atoms with Crippen molar-refractivity contribution in [3.05, 3.63) is 22.7 Å². The highest BCUT2D eigenvalue weighted by atomic mass is 79.9. The molecule has 0 spiro atoms. The summed E-state index contributed by atoms with van der Waals surface area (Å²) in [6, 6.07) is 5.61. The Morgan fingerprint density at radius 2 is 2.13 bits per heavy atom. The van der Waals surface area contributed by atoms with Crippen molar-refractivity contribution in [2.24, 2.45) is 0 Å². The molecule has 0 aliphatic rings. The van der Waals surface area contributed by atoms with E-state index in [2.05, 4.69) is 15.9 Å². The van der Waals surface area contributed by atoms with Gasteiger partial charge in [-0.15, -0.1) is 0 Å². The lowest BCUT2D eigenvalue weighted by Crippen LogP contribution is -2.04. The summed E-state index contributed by atoms with van der Waals surface area (Å²) >= 11 is 3.39. The van der Waals surface area contributed by atoms with Crippen LogP contribution in [0.1, 0.15) is 13.3 Å². The van der Waals surface area contributed by atoms with Crippen LogP contribution >= 0.6 is 15.9 Å². The molecule has 3 nitrogen and oxygen atoms in total. The molecule has 0 bridgehead atoms. The van der Waals surface area contributed by atoms with E-state index in [0.717, 1.165) is 24.1 Å². The van der Waals surface area contributed by atoms with E-state index >= 15 is 0 Å². The minimum absolute atomic E-state index is 0.618. The first-order valence-corrected chi connectivity index (χ1v) is 5.79. The van der Waals surface area contributed by atoms with Gasteiger partial charge >= 0.3 is 0 Å². The van der Waals surface area contributed by atoms with Crippen molar-refractivity contribution >= 4 is 21.6 Å². The predicted molar refractivity (Wildman–Crippen MR) is 65.2 cm³/mol. The maximum Gasteiger partial charge on any atom is 0.156 e. The molecule has 0 fully saturated rings. The zero-order valence-corrected chi connectivity index (χ0v) is 10.4. The number of anilines is 1. The Kier molecular flexibility index (Phi) is 5.50. The third kappa shape index (κ3) is 4.10. The molecule has 15 heavy (non-hydrogen) atoms. The van der Waals surface area contributed by atoms with Crippen LogP contribution in [0.3, 0.4) is 0 Å². The smallest absolute Gasteiger partial charge is 0.156 e. The maximum absolute atomic E-state index is 5.78. The van der Waals surface area contributed by atoms with E-state index in [9.17, 15) is 0 Å². The average Bonchev–Trinajstić information content (AvgIpc) is 2.21. The number of ether oxygens (including phenoxy) is 2. The van der Waals surface area contributed by atoms with Crippen LogP contribution in [0.2, 0.25) is 0 Å². The molecule has 1 aromatic carbocycles. The number of rotatable bonds is 6. The van der Waals surface area contributed by atoms with Crippen LogP contribution < -0.4 is 10.5 Å². The molecule has 0 heterocycles. The summed E-state index contributed by atoms with van der Waals surface area (Å²) in [4.78, 5) is 0. The van der Waals surface area contributed by atoms with Gasteiger partial charge in [0.25, 0.3) is 0 Å². The maximum atomic E-state index is 5.78. The number of halogens is 1. The van der Waals surface area contributed by atoms with Gasteiger partial charge < -0.3 is 15.2 Å². The standard InChI is InChI=1S/C11H16BrNO2/c1-2-14-7-4-8-15-11-9(12)5-3-6-10(11)13/h3,5-6H,2,4,7-8,13H2,1H3. The molecule has 2 N–H and O–H groups in total. The molecule has 84 valence electrons. The zero-order valence-electron chi connectivity index (χ0n) is 8.83. The van der Waals surface area contributed by atoms with E-state index in [4.69, 9.17) is 15.2 Å². The summed E-state index contributed by atoms with van der Waals surface area (Å²) in [5.74, 6) is 0.717. The SMILES string of the molecule is CCOCCCOc1c(N)cccc1Br. The van der Waals surface area contributed by atoms with Crippen molar-refractivity contribution < 1.29 is 9.47 Å². The summed E-state index contributed by atoms with van der Waals surface area (Å²) in [6.45, 7) is 4.07. The molecule has 0 aromatic heterocycles. The summed E-state index contributed by atoms with van der Waals surface area (Å²) in [7, 11) is 0. The molecule has 0 saturated carbocycles. The van der Waals surface area contributed by atoms with Gasteiger partial charge in [0.1, 0.15) is 0 Å². The molecule has 0 saturated heterocycles. The predicted octanol–water partition coefficient (Wildman–Crippen LogP) is 2.84. The monoisotopic (exact) mass is 273 g/mol. The van der Waals surface area contributed by atoms with E-state index < -0.39 is 0 Å². The van der Waals surface area contributed by atoms with Crippen LogP contribution in [-0.2, 0) is 4.74 Å². The first-order chi connectivity index (χ1) is 7.25. The molecule has 0 amide bonds. The Morgan fingerprint density at radius 3 is 2.80 bits per heavy atom. The first kappa shape index (κ1) is 12.3. The quantitative estimate of drug-likeness (QED) is 0.640. The average molecular weight is 274 g/mol. The Balaban J connectivity index is 2.37. The summed E-state index contributed by atoms with van der Waals surface area (Å²) in [6.07, 6.45) is 0.870. The Morgan fingerprint density at radius 1 is 1.33 bits per heavy atom. The largest absolute Gasteiger partial charge is 0.490 e. The van der Waals surface area contributed by atoms with Crippen LogP contribution in [0.4, 0.5) is 5.69 Å². The molecular formula is C11H16BrNO2. The highest BCUT2D eigenvalue weighted by Gasteiger charge is 2.04. The topological polar surface area (TPSA) is 44.5 Å². The van der Waals surface area contributed by atoms with E-state index in [1.54, 1.807) is 0 Å². The summed E-state index contributed by atoms with van der Waals surface area (Å²) < 4.78 is 11.7. The van der Waals surface area contributed by atoms with Gasteiger partial charge in [0.05, 0.1) is 16.8 Å². The van der Waals surface area contributed by atoms with E-state index in [1.807, 2.05) is 25.1 Å². The fourth-order valence-corrected chi connectivity index (χ4v) is 1.65. The van der Waals surface area contributed by atoms with Crippen molar-refractivity contribution in [1.82, 2.24) is 0 Å². The zero-order chi connectivity index (χ0) is 11.1. The van der Waals surface area contributed by atoms with Crippen molar-refractivity contribution in [1.29, 1.82) is 0 Å². The van der Waals surface area contributed by atoms with Gasteiger partial charge in [0.15, 0.2) is 5.75 Å². The molecule has 0 radical (unpaired) electrons. The third-order valence-electron chi connectivity index (χ3n) is 1.88. The van der Waals surface area contributed by atoms with Gasteiger partial charge in [0, 0.05) is 19.6 Å². The molecule has 1 aromatic rings. The third-order valence-corrected chi connectivity index (χ3v) is 2.51. The molecule has 0 aliphatic heterocycles. The van der Waals surface area contributed by atoms with E-state index in [0.29, 0.717) is 18.0 Å². The van der Waals surface area contributed by atoms with Gasteiger partial charge in [-0.3, -0.25) is 0 Å². The van der Waals surface area contributed by atoms with Crippen molar-refractivity contribution in [2.45, 2.75) is 13.3 Å². The molecule has 0 atom stereocenters. The number of hydrogen-bond acceptors (Lipinski definition) is 3. The van der Waals surface area contributed by atoms with Gasteiger partial charge in [-0.05, 0) is 35.0 Å². The Bertz CT molecular complexity index is 284. The van der Waals surface area contributed by atoms with Crippen LogP contribution in [0.25, 0.3) is 0 Å². The lowest BCUT2D eigenvalue weighted by Gasteiger charge is -2.10. The first-order valence-electron chi connectivity index (χ1n) is 5.00. The van der Waals surface area contributed by atoms with Crippen LogP contribution in [0.5, 0.6) is 5.75 Å². The number of nitrogens with two attached hydrogens (primary N) is 1. The van der Waals surface area contributed by atoms with E-state index in [-0.39, 0.29) is 0 Å². The highest BCUT2D eigenvalue weighted by molar-refractivity contribution is 9.10. The second-order valence-electron chi connectivity index (χ2n) is 3.06. The number of hydrogen-bond donors (Lipinski definition) is 1. The minimum atomic E-state index is 0.618. The normalized spacial score (nSPS) is 10.3. The molecule has 0 aliphatic carbocycles. The van der Waals surface area contributed by atoms with Crippen molar-refractivity contribution in [3.8, 4) is 5.75 Å².